The van der Waals surface area contributed by atoms with Crippen LogP contribution in [0.25, 0.3) is 0 Å². The van der Waals surface area contributed by atoms with Gasteiger partial charge < -0.3 is 14.8 Å². The molecule has 0 unspecified atom stereocenters. The van der Waals surface area contributed by atoms with E-state index in [0.29, 0.717) is 41.0 Å². The Morgan fingerprint density at radius 1 is 0.971 bits per heavy atom. The molecular formula is C26H26ClN3O4. The van der Waals surface area contributed by atoms with Gasteiger partial charge >= 0.3 is 11.8 Å². The zero-order valence-electron chi connectivity index (χ0n) is 19.2. The normalized spacial score (nSPS) is 10.7. The monoisotopic (exact) mass is 479 g/mol. The molecule has 2 amide bonds. The van der Waals surface area contributed by atoms with E-state index in [1.165, 1.54) is 6.21 Å². The van der Waals surface area contributed by atoms with Gasteiger partial charge in [-0.1, -0.05) is 35.9 Å². The molecule has 0 aliphatic rings. The van der Waals surface area contributed by atoms with Crippen LogP contribution in [0.5, 0.6) is 11.5 Å². The maximum Gasteiger partial charge on any atom is 0.329 e. The number of halogens is 1. The van der Waals surface area contributed by atoms with E-state index >= 15 is 0 Å². The number of carbonyl (C=O) groups excluding carboxylic acids is 2. The second-order valence-corrected chi connectivity index (χ2v) is 7.97. The summed E-state index contributed by atoms with van der Waals surface area (Å²) in [5, 5.41) is 7.12. The van der Waals surface area contributed by atoms with E-state index in [9.17, 15) is 9.59 Å². The molecule has 0 atom stereocenters. The summed E-state index contributed by atoms with van der Waals surface area (Å²) < 4.78 is 11.6. The third-order valence-electron chi connectivity index (χ3n) is 4.78. The Balaban J connectivity index is 1.61. The number of hydrogen-bond acceptors (Lipinski definition) is 5. The van der Waals surface area contributed by atoms with Gasteiger partial charge in [-0.25, -0.2) is 5.43 Å². The Bertz CT molecular complexity index is 1210. The molecule has 0 bridgehead atoms. The minimum atomic E-state index is -0.872. The minimum Gasteiger partial charge on any atom is -0.490 e. The quantitative estimate of drug-likeness (QED) is 0.269. The Morgan fingerprint density at radius 3 is 2.56 bits per heavy atom. The highest BCUT2D eigenvalue weighted by molar-refractivity contribution is 6.39. The van der Waals surface area contributed by atoms with Gasteiger partial charge in [0.05, 0.1) is 12.8 Å². The highest BCUT2D eigenvalue weighted by Gasteiger charge is 2.14. The standard InChI is InChI=1S/C26H26ClN3O4/c1-4-33-24-14-19(10-11-23(24)34-16-20-6-5-7-21(27)13-20)15-28-30-26(32)25(31)29-22-12-17(2)8-9-18(22)3/h5-15H,4,16H2,1-3H3,(H,29,31)(H,30,32). The Hall–Kier alpha value is -3.84. The summed E-state index contributed by atoms with van der Waals surface area (Å²) in [5.74, 6) is -0.572. The topological polar surface area (TPSA) is 89.0 Å². The van der Waals surface area contributed by atoms with E-state index < -0.39 is 11.8 Å². The number of rotatable bonds is 8. The predicted molar refractivity (Wildman–Crippen MR) is 134 cm³/mol. The summed E-state index contributed by atoms with van der Waals surface area (Å²) in [4.78, 5) is 24.3. The van der Waals surface area contributed by atoms with Crippen molar-refractivity contribution in [3.05, 3.63) is 87.9 Å². The maximum atomic E-state index is 12.2. The van der Waals surface area contributed by atoms with E-state index in [4.69, 9.17) is 21.1 Å². The summed E-state index contributed by atoms with van der Waals surface area (Å²) in [5.41, 5.74) is 6.25. The van der Waals surface area contributed by atoms with Crippen LogP contribution in [0.15, 0.2) is 65.8 Å². The fourth-order valence-corrected chi connectivity index (χ4v) is 3.26. The number of nitrogens with zero attached hydrogens (tertiary/aromatic N) is 1. The van der Waals surface area contributed by atoms with Crippen LogP contribution in [-0.2, 0) is 16.2 Å². The zero-order valence-corrected chi connectivity index (χ0v) is 20.0. The SMILES string of the molecule is CCOc1cc(C=NNC(=O)C(=O)Nc2cc(C)ccc2C)ccc1OCc1cccc(Cl)c1. The zero-order chi connectivity index (χ0) is 24.5. The van der Waals surface area contributed by atoms with Gasteiger partial charge in [-0.3, -0.25) is 9.59 Å². The highest BCUT2D eigenvalue weighted by atomic mass is 35.5. The number of hydrazone groups is 1. The molecule has 0 saturated carbocycles. The third kappa shape index (κ3) is 7.08. The number of benzene rings is 3. The van der Waals surface area contributed by atoms with Gasteiger partial charge in [0.2, 0.25) is 0 Å². The summed E-state index contributed by atoms with van der Waals surface area (Å²) >= 11 is 6.02. The molecule has 3 rings (SSSR count). The molecule has 7 nitrogen and oxygen atoms in total. The first-order valence-electron chi connectivity index (χ1n) is 10.7. The van der Waals surface area contributed by atoms with Gasteiger partial charge in [-0.15, -0.1) is 0 Å². The summed E-state index contributed by atoms with van der Waals surface area (Å²) in [6.45, 7) is 6.41. The fraction of sp³-hybridized carbons (Fsp3) is 0.192. The van der Waals surface area contributed by atoms with Crippen molar-refractivity contribution >= 4 is 35.3 Å². The number of aryl methyl sites for hydroxylation is 2. The van der Waals surface area contributed by atoms with Crippen molar-refractivity contribution in [1.82, 2.24) is 5.43 Å². The summed E-state index contributed by atoms with van der Waals surface area (Å²) in [7, 11) is 0. The van der Waals surface area contributed by atoms with E-state index in [-0.39, 0.29) is 0 Å². The van der Waals surface area contributed by atoms with Crippen LogP contribution in [0, 0.1) is 13.8 Å². The lowest BCUT2D eigenvalue weighted by Crippen LogP contribution is -2.32. The molecule has 0 spiro atoms. The van der Waals surface area contributed by atoms with Crippen LogP contribution in [0.3, 0.4) is 0 Å². The molecule has 0 aliphatic heterocycles. The van der Waals surface area contributed by atoms with Crippen molar-refractivity contribution in [3.63, 3.8) is 0 Å². The van der Waals surface area contributed by atoms with Crippen molar-refractivity contribution in [1.29, 1.82) is 0 Å². The van der Waals surface area contributed by atoms with Crippen LogP contribution >= 0.6 is 11.6 Å². The van der Waals surface area contributed by atoms with Crippen LogP contribution in [0.4, 0.5) is 5.69 Å². The van der Waals surface area contributed by atoms with Crippen molar-refractivity contribution in [2.24, 2.45) is 5.10 Å². The van der Waals surface area contributed by atoms with Crippen molar-refractivity contribution in [3.8, 4) is 11.5 Å². The first-order chi connectivity index (χ1) is 16.4. The highest BCUT2D eigenvalue weighted by Crippen LogP contribution is 2.29. The predicted octanol–water partition coefficient (Wildman–Crippen LogP) is 5.02. The molecule has 3 aromatic rings. The Kier molecular flexibility index (Phi) is 8.65. The molecule has 176 valence electrons. The molecule has 34 heavy (non-hydrogen) atoms. The van der Waals surface area contributed by atoms with E-state index in [0.717, 1.165) is 16.7 Å². The molecule has 0 radical (unpaired) electrons. The second kappa shape index (κ2) is 11.9. The lowest BCUT2D eigenvalue weighted by atomic mass is 10.1. The average Bonchev–Trinajstić information content (AvgIpc) is 2.81. The van der Waals surface area contributed by atoms with Gasteiger partial charge in [-0.2, -0.15) is 5.10 Å². The molecule has 0 heterocycles. The van der Waals surface area contributed by atoms with Crippen LogP contribution < -0.4 is 20.2 Å². The molecule has 0 aliphatic carbocycles. The van der Waals surface area contributed by atoms with Gasteiger partial charge in [0.25, 0.3) is 0 Å². The lowest BCUT2D eigenvalue weighted by Gasteiger charge is -2.13. The second-order valence-electron chi connectivity index (χ2n) is 7.53. The van der Waals surface area contributed by atoms with E-state index in [1.54, 1.807) is 30.3 Å². The summed E-state index contributed by atoms with van der Waals surface area (Å²) in [6.07, 6.45) is 1.42. The van der Waals surface area contributed by atoms with Gasteiger partial charge in [0, 0.05) is 10.7 Å². The maximum absolute atomic E-state index is 12.2. The fourth-order valence-electron chi connectivity index (χ4n) is 3.05. The smallest absolute Gasteiger partial charge is 0.329 e. The van der Waals surface area contributed by atoms with Crippen molar-refractivity contribution in [2.45, 2.75) is 27.4 Å². The van der Waals surface area contributed by atoms with Gasteiger partial charge in [-0.05, 0) is 79.4 Å². The van der Waals surface area contributed by atoms with E-state index in [2.05, 4.69) is 15.8 Å². The van der Waals surface area contributed by atoms with Crippen LogP contribution in [-0.4, -0.2) is 24.6 Å². The third-order valence-corrected chi connectivity index (χ3v) is 5.01. The molecule has 0 saturated heterocycles. The molecule has 8 heteroatoms. The largest absolute Gasteiger partial charge is 0.490 e. The Labute approximate surface area is 203 Å². The van der Waals surface area contributed by atoms with Crippen molar-refractivity contribution in [2.75, 3.05) is 11.9 Å². The average molecular weight is 480 g/mol. The molecule has 3 aromatic carbocycles. The van der Waals surface area contributed by atoms with E-state index in [1.807, 2.05) is 51.1 Å². The lowest BCUT2D eigenvalue weighted by molar-refractivity contribution is -0.136. The molecule has 2 N–H and O–H groups in total. The first-order valence-corrected chi connectivity index (χ1v) is 11.1. The number of amides is 2. The molecule has 0 fully saturated rings. The van der Waals surface area contributed by atoms with Crippen LogP contribution in [0.1, 0.15) is 29.2 Å². The number of nitrogens with one attached hydrogen (secondary N) is 2. The first kappa shape index (κ1) is 24.8. The number of anilines is 1. The molecular weight excluding hydrogens is 454 g/mol. The minimum absolute atomic E-state index is 0.333. The van der Waals surface area contributed by atoms with Gasteiger partial charge in [0.15, 0.2) is 11.5 Å². The molecule has 0 aromatic heterocycles. The number of hydrogen-bond donors (Lipinski definition) is 2. The number of carbonyl (C=O) groups is 2. The van der Waals surface area contributed by atoms with Crippen LogP contribution in [0.2, 0.25) is 5.02 Å². The summed E-state index contributed by atoms with van der Waals surface area (Å²) in [6, 6.07) is 18.3. The Morgan fingerprint density at radius 2 is 1.79 bits per heavy atom. The number of ether oxygens (including phenoxy) is 2. The van der Waals surface area contributed by atoms with Crippen molar-refractivity contribution < 1.29 is 19.1 Å². The van der Waals surface area contributed by atoms with Gasteiger partial charge in [0.1, 0.15) is 6.61 Å².